The Morgan fingerprint density at radius 2 is 1.03 bits per heavy atom. The minimum Gasteiger partial charge on any atom is -0.507 e. The molecule has 0 aromatic heterocycles. The lowest BCUT2D eigenvalue weighted by molar-refractivity contribution is 0.103. The third kappa shape index (κ3) is 5.76. The minimum atomic E-state index is -3.68. The molecule has 0 spiro atoms. The first-order chi connectivity index (χ1) is 17.3. The lowest BCUT2D eigenvalue weighted by Crippen LogP contribution is -2.04. The van der Waals surface area contributed by atoms with Crippen LogP contribution in [-0.4, -0.2) is 34.6 Å². The number of rotatable bonds is 4. The molecule has 0 bridgehead atoms. The van der Waals surface area contributed by atoms with Crippen molar-refractivity contribution in [3.05, 3.63) is 106 Å². The molecular formula is C29H28O7S. The maximum atomic E-state index is 12.7. The molecule has 0 saturated heterocycles. The molecule has 0 saturated carbocycles. The van der Waals surface area contributed by atoms with E-state index in [1.165, 1.54) is 42.5 Å². The third-order valence-corrected chi connectivity index (χ3v) is 7.56. The van der Waals surface area contributed by atoms with Gasteiger partial charge in [0.1, 0.15) is 11.5 Å². The van der Waals surface area contributed by atoms with Gasteiger partial charge in [-0.1, -0.05) is 36.4 Å². The number of hydrogen-bond donors (Lipinski definition) is 4. The van der Waals surface area contributed by atoms with Gasteiger partial charge in [-0.2, -0.15) is 0 Å². The van der Waals surface area contributed by atoms with Crippen LogP contribution in [0.25, 0.3) is 0 Å². The van der Waals surface area contributed by atoms with Gasteiger partial charge in [-0.25, -0.2) is 8.42 Å². The average molecular weight is 521 g/mol. The molecule has 37 heavy (non-hydrogen) atoms. The van der Waals surface area contributed by atoms with Crippen molar-refractivity contribution in [2.75, 3.05) is 0 Å². The highest BCUT2D eigenvalue weighted by Crippen LogP contribution is 2.32. The van der Waals surface area contributed by atoms with Gasteiger partial charge in [0.05, 0.1) is 15.4 Å². The molecule has 0 aliphatic rings. The monoisotopic (exact) mass is 520 g/mol. The number of hydrogen-bond acceptors (Lipinski definition) is 7. The summed E-state index contributed by atoms with van der Waals surface area (Å²) in [6, 6.07) is 18.7. The highest BCUT2D eigenvalue weighted by atomic mass is 32.2. The van der Waals surface area contributed by atoms with Crippen molar-refractivity contribution in [2.45, 2.75) is 37.5 Å². The van der Waals surface area contributed by atoms with Gasteiger partial charge in [0, 0.05) is 5.56 Å². The van der Waals surface area contributed by atoms with E-state index in [9.17, 15) is 33.6 Å². The van der Waals surface area contributed by atoms with Crippen molar-refractivity contribution in [3.8, 4) is 23.0 Å². The molecule has 7 nitrogen and oxygen atoms in total. The smallest absolute Gasteiger partial charge is 0.206 e. The summed E-state index contributed by atoms with van der Waals surface area (Å²) in [6.07, 6.45) is 0. The van der Waals surface area contributed by atoms with Crippen molar-refractivity contribution in [1.82, 2.24) is 0 Å². The van der Waals surface area contributed by atoms with E-state index in [-0.39, 0.29) is 44.1 Å². The Morgan fingerprint density at radius 3 is 1.46 bits per heavy atom. The Kier molecular flexibility index (Phi) is 7.93. The molecule has 0 aliphatic heterocycles. The molecule has 0 amide bonds. The number of para-hydroxylation sites is 1. The van der Waals surface area contributed by atoms with Gasteiger partial charge in [-0.3, -0.25) is 4.79 Å². The Hall–Kier alpha value is -4.30. The number of carbonyl (C=O) groups is 1. The molecule has 8 heteroatoms. The standard InChI is InChI=1S/C16H18O4S.C13H10O3/c1-9-5-13(6-10(2)15(9)17)21(19,20)14-7-11(3)16(18)12(4)8-14;14-11-8-4-7-10(13(11)16)12(15)9-5-2-1-3-6-9/h5-8,17-18H,1-4H3;1-8,14,16H. The molecular weight excluding hydrogens is 492 g/mol. The zero-order valence-corrected chi connectivity index (χ0v) is 21.7. The van der Waals surface area contributed by atoms with E-state index in [1.807, 2.05) is 0 Å². The van der Waals surface area contributed by atoms with Gasteiger partial charge >= 0.3 is 0 Å². The topological polar surface area (TPSA) is 132 Å². The molecule has 0 fully saturated rings. The van der Waals surface area contributed by atoms with Gasteiger partial charge < -0.3 is 20.4 Å². The lowest BCUT2D eigenvalue weighted by Gasteiger charge is -2.11. The summed E-state index contributed by atoms with van der Waals surface area (Å²) in [5.74, 6) is -0.772. The second-order valence-corrected chi connectivity index (χ2v) is 10.6. The van der Waals surface area contributed by atoms with Crippen molar-refractivity contribution in [1.29, 1.82) is 0 Å². The summed E-state index contributed by atoms with van der Waals surface area (Å²) in [5.41, 5.74) is 2.64. The van der Waals surface area contributed by atoms with E-state index in [1.54, 1.807) is 58.0 Å². The predicted octanol–water partition coefficient (Wildman–Crippen LogP) is 5.49. The third-order valence-electron chi connectivity index (χ3n) is 5.85. The van der Waals surface area contributed by atoms with Crippen LogP contribution < -0.4 is 0 Å². The fraction of sp³-hybridized carbons (Fsp3) is 0.138. The van der Waals surface area contributed by atoms with Crippen LogP contribution in [0.2, 0.25) is 0 Å². The van der Waals surface area contributed by atoms with Crippen molar-refractivity contribution in [2.24, 2.45) is 0 Å². The molecule has 0 radical (unpaired) electrons. The number of ketones is 1. The van der Waals surface area contributed by atoms with Crippen molar-refractivity contribution >= 4 is 15.6 Å². The van der Waals surface area contributed by atoms with E-state index < -0.39 is 9.84 Å². The van der Waals surface area contributed by atoms with E-state index in [0.29, 0.717) is 27.8 Å². The van der Waals surface area contributed by atoms with Gasteiger partial charge in [-0.05, 0) is 86.3 Å². The first kappa shape index (κ1) is 27.3. The van der Waals surface area contributed by atoms with E-state index in [4.69, 9.17) is 0 Å². The number of benzene rings is 4. The highest BCUT2D eigenvalue weighted by molar-refractivity contribution is 7.91. The number of aromatic hydroxyl groups is 4. The summed E-state index contributed by atoms with van der Waals surface area (Å²) >= 11 is 0. The first-order valence-corrected chi connectivity index (χ1v) is 12.8. The van der Waals surface area contributed by atoms with Crippen LogP contribution in [0.1, 0.15) is 38.2 Å². The number of aryl methyl sites for hydroxylation is 4. The van der Waals surface area contributed by atoms with Crippen molar-refractivity contribution in [3.63, 3.8) is 0 Å². The predicted molar refractivity (Wildman–Crippen MR) is 140 cm³/mol. The first-order valence-electron chi connectivity index (χ1n) is 11.3. The van der Waals surface area contributed by atoms with Gasteiger partial charge in [0.2, 0.25) is 9.84 Å². The largest absolute Gasteiger partial charge is 0.507 e. The number of carbonyl (C=O) groups excluding carboxylic acids is 1. The van der Waals surface area contributed by atoms with Crippen LogP contribution in [0.15, 0.2) is 82.6 Å². The SMILES string of the molecule is Cc1cc(S(=O)(=O)c2cc(C)c(O)c(C)c2)cc(C)c1O.O=C(c1ccccc1)c1cccc(O)c1O. The lowest BCUT2D eigenvalue weighted by atomic mass is 10.0. The molecule has 4 rings (SSSR count). The molecule has 4 aromatic rings. The number of phenolic OH excluding ortho intramolecular Hbond substituents is 4. The molecule has 192 valence electrons. The van der Waals surface area contributed by atoms with Crippen molar-refractivity contribution < 1.29 is 33.6 Å². The molecule has 0 heterocycles. The van der Waals surface area contributed by atoms with Crippen LogP contribution in [0.5, 0.6) is 23.0 Å². The maximum absolute atomic E-state index is 12.7. The number of sulfone groups is 1. The second-order valence-electron chi connectivity index (χ2n) is 8.68. The Morgan fingerprint density at radius 1 is 0.595 bits per heavy atom. The van der Waals surface area contributed by atoms with E-state index in [2.05, 4.69) is 0 Å². The van der Waals surface area contributed by atoms with E-state index in [0.717, 1.165) is 0 Å². The summed E-state index contributed by atoms with van der Waals surface area (Å²) in [6.45, 7) is 6.65. The fourth-order valence-electron chi connectivity index (χ4n) is 3.74. The minimum absolute atomic E-state index is 0.103. The Balaban J connectivity index is 0.000000213. The van der Waals surface area contributed by atoms with E-state index >= 15 is 0 Å². The van der Waals surface area contributed by atoms with Gasteiger partial charge in [0.25, 0.3) is 0 Å². The second kappa shape index (κ2) is 10.8. The summed E-state index contributed by atoms with van der Waals surface area (Å²) in [7, 11) is -3.68. The van der Waals surface area contributed by atoms with Crippen LogP contribution in [0.4, 0.5) is 0 Å². The zero-order chi connectivity index (χ0) is 27.5. The quantitative estimate of drug-likeness (QED) is 0.207. The molecule has 0 aliphatic carbocycles. The van der Waals surface area contributed by atoms with Gasteiger partial charge in [0.15, 0.2) is 17.3 Å². The average Bonchev–Trinajstić information content (AvgIpc) is 2.87. The van der Waals surface area contributed by atoms with Crippen LogP contribution in [0.3, 0.4) is 0 Å². The molecule has 0 atom stereocenters. The highest BCUT2D eigenvalue weighted by Gasteiger charge is 2.21. The zero-order valence-electron chi connectivity index (χ0n) is 20.9. The molecule has 4 aromatic carbocycles. The fourth-order valence-corrected chi connectivity index (χ4v) is 5.34. The van der Waals surface area contributed by atoms with Crippen LogP contribution in [0, 0.1) is 27.7 Å². The molecule has 0 unspecified atom stereocenters. The Labute approximate surface area is 215 Å². The normalized spacial score (nSPS) is 10.9. The summed E-state index contributed by atoms with van der Waals surface area (Å²) < 4.78 is 25.4. The van der Waals surface area contributed by atoms with Crippen LogP contribution in [-0.2, 0) is 9.84 Å². The summed E-state index contributed by atoms with van der Waals surface area (Å²) in [4.78, 5) is 12.2. The molecule has 4 N–H and O–H groups in total. The maximum Gasteiger partial charge on any atom is 0.206 e. The summed E-state index contributed by atoms with van der Waals surface area (Å²) in [5, 5.41) is 38.4. The van der Waals surface area contributed by atoms with Crippen LogP contribution >= 0.6 is 0 Å². The van der Waals surface area contributed by atoms with Gasteiger partial charge in [-0.15, -0.1) is 0 Å². The number of phenols is 4. The Bertz CT molecular complexity index is 1460.